The predicted octanol–water partition coefficient (Wildman–Crippen LogP) is 2.09. The van der Waals surface area contributed by atoms with Crippen LogP contribution in [0.4, 0.5) is 0 Å². The molecular formula is C15H29NO3S. The predicted molar refractivity (Wildman–Crippen MR) is 81.7 cm³/mol. The Hall–Kier alpha value is -0.130. The average molecular weight is 303 g/mol. The summed E-state index contributed by atoms with van der Waals surface area (Å²) in [5.74, 6) is 0.259. The zero-order valence-corrected chi connectivity index (χ0v) is 13.9. The Morgan fingerprint density at radius 1 is 1.25 bits per heavy atom. The molecule has 2 aliphatic carbocycles. The molecule has 0 unspecified atom stereocenters. The number of rotatable bonds is 6. The summed E-state index contributed by atoms with van der Waals surface area (Å²) in [4.78, 5) is 2.27. The largest absolute Gasteiger partial charge is 0.378 e. The lowest BCUT2D eigenvalue weighted by molar-refractivity contribution is -0.177. The van der Waals surface area contributed by atoms with Crippen LogP contribution in [-0.4, -0.2) is 57.7 Å². The van der Waals surface area contributed by atoms with Gasteiger partial charge in [0.2, 0.25) is 0 Å². The highest BCUT2D eigenvalue weighted by Crippen LogP contribution is 2.55. The minimum Gasteiger partial charge on any atom is -0.378 e. The molecule has 2 fully saturated rings. The molecule has 0 radical (unpaired) electrons. The Morgan fingerprint density at radius 2 is 1.90 bits per heavy atom. The maximum Gasteiger partial charge on any atom is 0.148 e. The molecule has 2 saturated carbocycles. The third-order valence-corrected chi connectivity index (χ3v) is 6.17. The van der Waals surface area contributed by atoms with Crippen molar-refractivity contribution in [3.63, 3.8) is 0 Å². The minimum absolute atomic E-state index is 0.259. The molecule has 0 aromatic heterocycles. The highest BCUT2D eigenvalue weighted by Gasteiger charge is 2.56. The summed E-state index contributed by atoms with van der Waals surface area (Å²) in [6.07, 6.45) is 9.17. The fourth-order valence-electron chi connectivity index (χ4n) is 4.11. The smallest absolute Gasteiger partial charge is 0.148 e. The molecule has 1 spiro atoms. The van der Waals surface area contributed by atoms with E-state index >= 15 is 0 Å². The second-order valence-corrected chi connectivity index (χ2v) is 8.86. The highest BCUT2D eigenvalue weighted by molar-refractivity contribution is 7.90. The lowest BCUT2D eigenvalue weighted by Gasteiger charge is -2.60. The minimum atomic E-state index is -2.88. The van der Waals surface area contributed by atoms with E-state index in [-0.39, 0.29) is 5.75 Å². The summed E-state index contributed by atoms with van der Waals surface area (Å²) >= 11 is 0. The van der Waals surface area contributed by atoms with E-state index in [0.29, 0.717) is 24.1 Å². The van der Waals surface area contributed by atoms with Gasteiger partial charge >= 0.3 is 0 Å². The number of nitrogens with zero attached hydrogens (tertiary/aromatic N) is 1. The lowest BCUT2D eigenvalue weighted by atomic mass is 9.54. The Kier molecular flexibility index (Phi) is 5.14. The van der Waals surface area contributed by atoms with Gasteiger partial charge in [0.15, 0.2) is 0 Å². The molecule has 0 heterocycles. The Labute approximate surface area is 123 Å². The SMILES string of the molecule is CCO[C@H]1C[C@H](N(C)CCS(C)(=O)=O)C12CCCCC2. The van der Waals surface area contributed by atoms with Crippen molar-refractivity contribution in [2.24, 2.45) is 5.41 Å². The van der Waals surface area contributed by atoms with E-state index in [0.717, 1.165) is 13.0 Å². The first-order valence-corrected chi connectivity index (χ1v) is 9.94. The van der Waals surface area contributed by atoms with Gasteiger partial charge in [0.1, 0.15) is 9.84 Å². The van der Waals surface area contributed by atoms with Gasteiger partial charge in [-0.15, -0.1) is 0 Å². The van der Waals surface area contributed by atoms with Crippen molar-refractivity contribution in [3.8, 4) is 0 Å². The zero-order valence-electron chi connectivity index (χ0n) is 13.1. The summed E-state index contributed by atoms with van der Waals surface area (Å²) in [6, 6.07) is 0.501. The van der Waals surface area contributed by atoms with Crippen LogP contribution in [0.1, 0.15) is 45.4 Å². The van der Waals surface area contributed by atoms with Gasteiger partial charge in [-0.3, -0.25) is 0 Å². The van der Waals surface area contributed by atoms with Crippen molar-refractivity contribution < 1.29 is 13.2 Å². The first-order valence-electron chi connectivity index (χ1n) is 7.88. The van der Waals surface area contributed by atoms with E-state index in [1.807, 2.05) is 0 Å². The monoisotopic (exact) mass is 303 g/mol. The van der Waals surface area contributed by atoms with E-state index in [1.54, 1.807) is 0 Å². The molecule has 0 aromatic rings. The topological polar surface area (TPSA) is 46.6 Å². The van der Waals surface area contributed by atoms with E-state index in [1.165, 1.54) is 38.4 Å². The van der Waals surface area contributed by atoms with Crippen molar-refractivity contribution in [3.05, 3.63) is 0 Å². The fourth-order valence-corrected chi connectivity index (χ4v) is 4.73. The molecule has 0 amide bonds. The number of sulfone groups is 1. The molecular weight excluding hydrogens is 274 g/mol. The molecule has 20 heavy (non-hydrogen) atoms. The van der Waals surface area contributed by atoms with Crippen LogP contribution in [0, 0.1) is 5.41 Å². The summed E-state index contributed by atoms with van der Waals surface area (Å²) in [5.41, 5.74) is 0.292. The van der Waals surface area contributed by atoms with Crippen LogP contribution in [0.25, 0.3) is 0 Å². The quantitative estimate of drug-likeness (QED) is 0.754. The van der Waals surface area contributed by atoms with Crippen LogP contribution in [0.15, 0.2) is 0 Å². The van der Waals surface area contributed by atoms with Gasteiger partial charge in [-0.05, 0) is 33.2 Å². The molecule has 4 nitrogen and oxygen atoms in total. The molecule has 0 saturated heterocycles. The molecule has 2 atom stereocenters. The van der Waals surface area contributed by atoms with Crippen molar-refractivity contribution in [1.29, 1.82) is 0 Å². The normalized spacial score (nSPS) is 29.6. The van der Waals surface area contributed by atoms with Crippen LogP contribution in [0.5, 0.6) is 0 Å². The van der Waals surface area contributed by atoms with E-state index in [9.17, 15) is 8.42 Å². The fraction of sp³-hybridized carbons (Fsp3) is 1.00. The highest BCUT2D eigenvalue weighted by atomic mass is 32.2. The molecule has 2 rings (SSSR count). The molecule has 0 bridgehead atoms. The van der Waals surface area contributed by atoms with Gasteiger partial charge in [-0.25, -0.2) is 8.42 Å². The summed E-state index contributed by atoms with van der Waals surface area (Å²) in [6.45, 7) is 3.49. The molecule has 0 aromatic carbocycles. The molecule has 0 aliphatic heterocycles. The van der Waals surface area contributed by atoms with Gasteiger partial charge < -0.3 is 9.64 Å². The number of ether oxygens (including phenoxy) is 1. The van der Waals surface area contributed by atoms with E-state index in [4.69, 9.17) is 4.74 Å². The van der Waals surface area contributed by atoms with Crippen LogP contribution < -0.4 is 0 Å². The summed E-state index contributed by atoms with van der Waals surface area (Å²) < 4.78 is 28.6. The molecule has 5 heteroatoms. The Bertz CT molecular complexity index is 415. The Morgan fingerprint density at radius 3 is 2.45 bits per heavy atom. The lowest BCUT2D eigenvalue weighted by Crippen LogP contribution is -2.65. The van der Waals surface area contributed by atoms with Gasteiger partial charge in [0.05, 0.1) is 11.9 Å². The van der Waals surface area contributed by atoms with Crippen molar-refractivity contribution >= 4 is 9.84 Å². The first-order chi connectivity index (χ1) is 9.39. The van der Waals surface area contributed by atoms with Crippen LogP contribution >= 0.6 is 0 Å². The second kappa shape index (κ2) is 6.32. The summed E-state index contributed by atoms with van der Waals surface area (Å²) in [5, 5.41) is 0. The average Bonchev–Trinajstić information content (AvgIpc) is 2.40. The van der Waals surface area contributed by atoms with Crippen molar-refractivity contribution in [2.75, 3.05) is 32.2 Å². The third kappa shape index (κ3) is 3.37. The third-order valence-electron chi connectivity index (χ3n) is 5.24. The second-order valence-electron chi connectivity index (χ2n) is 6.60. The van der Waals surface area contributed by atoms with Gasteiger partial charge in [-0.1, -0.05) is 19.3 Å². The molecule has 2 aliphatic rings. The molecule has 0 N–H and O–H groups in total. The van der Waals surface area contributed by atoms with Crippen molar-refractivity contribution in [1.82, 2.24) is 4.90 Å². The van der Waals surface area contributed by atoms with Crippen LogP contribution in [0.2, 0.25) is 0 Å². The number of hydrogen-bond donors (Lipinski definition) is 0. The maximum atomic E-state index is 11.3. The van der Waals surface area contributed by atoms with Crippen LogP contribution in [-0.2, 0) is 14.6 Å². The van der Waals surface area contributed by atoms with Gasteiger partial charge in [0, 0.05) is 30.9 Å². The summed E-state index contributed by atoms with van der Waals surface area (Å²) in [7, 11) is -0.798. The van der Waals surface area contributed by atoms with Crippen LogP contribution in [0.3, 0.4) is 0 Å². The standard InChI is InChI=1S/C15H29NO3S/c1-4-19-14-12-13(15(14)8-6-5-7-9-15)16(2)10-11-20(3,17)18/h13-14H,4-12H2,1-3H3/t13-,14-/m0/s1. The van der Waals surface area contributed by atoms with E-state index < -0.39 is 9.84 Å². The Balaban J connectivity index is 2.00. The molecule has 118 valence electrons. The number of hydrogen-bond acceptors (Lipinski definition) is 4. The van der Waals surface area contributed by atoms with E-state index in [2.05, 4.69) is 18.9 Å². The zero-order chi connectivity index (χ0) is 14.8. The first kappa shape index (κ1) is 16.2. The van der Waals surface area contributed by atoms with Gasteiger partial charge in [0.25, 0.3) is 0 Å². The van der Waals surface area contributed by atoms with Crippen molar-refractivity contribution in [2.45, 2.75) is 57.6 Å². The maximum absolute atomic E-state index is 11.3. The van der Waals surface area contributed by atoms with Gasteiger partial charge in [-0.2, -0.15) is 0 Å².